The summed E-state index contributed by atoms with van der Waals surface area (Å²) in [6.07, 6.45) is 3.10. The van der Waals surface area contributed by atoms with E-state index in [0.29, 0.717) is 44.9 Å². The molecule has 2 bridgehead atoms. The lowest BCUT2D eigenvalue weighted by atomic mass is 9.80. The Morgan fingerprint density at radius 1 is 1.00 bits per heavy atom. The van der Waals surface area contributed by atoms with Crippen LogP contribution in [-0.4, -0.2) is 40.9 Å². The van der Waals surface area contributed by atoms with Crippen molar-refractivity contribution in [3.63, 3.8) is 0 Å². The lowest BCUT2D eigenvalue weighted by molar-refractivity contribution is -0.148. The number of halogens is 2. The van der Waals surface area contributed by atoms with Gasteiger partial charge in [0.05, 0.1) is 10.8 Å². The van der Waals surface area contributed by atoms with Gasteiger partial charge >= 0.3 is 5.97 Å². The zero-order valence-corrected chi connectivity index (χ0v) is 12.9. The number of carboxylic acids is 1. The molecule has 3 rings (SSSR count). The van der Waals surface area contributed by atoms with Crippen LogP contribution in [0.1, 0.15) is 57.8 Å². The van der Waals surface area contributed by atoms with E-state index in [4.69, 9.17) is 0 Å². The van der Waals surface area contributed by atoms with Crippen LogP contribution in [0.4, 0.5) is 8.78 Å². The zero-order valence-electron chi connectivity index (χ0n) is 12.9. The number of carboxylic acid groups (broad SMARTS) is 1. The minimum absolute atomic E-state index is 0.0247. The smallest absolute Gasteiger partial charge is 0.309 e. The first-order chi connectivity index (χ1) is 10.2. The highest BCUT2D eigenvalue weighted by molar-refractivity contribution is 5.87. The Labute approximate surface area is 128 Å². The predicted octanol–water partition coefficient (Wildman–Crippen LogP) is 3.06. The number of hydrogen-bond acceptors (Lipinski definition) is 2. The molecule has 124 valence electrons. The Kier molecular flexibility index (Phi) is 3.49. The minimum atomic E-state index is -2.60. The third-order valence-corrected chi connectivity index (χ3v) is 6.30. The molecule has 0 unspecified atom stereocenters. The first-order valence-corrected chi connectivity index (χ1v) is 8.08. The summed E-state index contributed by atoms with van der Waals surface area (Å²) in [5.74, 6) is -3.42. The zero-order chi connectivity index (χ0) is 16.2. The fraction of sp³-hybridized carbons (Fsp3) is 0.875. The molecule has 0 aromatic carbocycles. The molecule has 0 radical (unpaired) electrons. The Balaban J connectivity index is 1.69. The lowest BCUT2D eigenvalue weighted by Gasteiger charge is -2.39. The fourth-order valence-corrected chi connectivity index (χ4v) is 4.74. The van der Waals surface area contributed by atoms with Crippen LogP contribution < -0.4 is 0 Å². The maximum absolute atomic E-state index is 13.3. The van der Waals surface area contributed by atoms with Crippen molar-refractivity contribution < 1.29 is 23.5 Å². The molecule has 0 atom stereocenters. The van der Waals surface area contributed by atoms with Crippen molar-refractivity contribution in [3.8, 4) is 0 Å². The van der Waals surface area contributed by atoms with Gasteiger partial charge in [-0.1, -0.05) is 0 Å². The van der Waals surface area contributed by atoms with Gasteiger partial charge in [-0.25, -0.2) is 8.78 Å². The number of aliphatic carboxylic acids is 1. The molecule has 1 amide bonds. The Bertz CT molecular complexity index is 488. The Hall–Kier alpha value is -1.20. The van der Waals surface area contributed by atoms with Crippen molar-refractivity contribution in [2.24, 2.45) is 10.8 Å². The Morgan fingerprint density at radius 2 is 1.50 bits per heavy atom. The van der Waals surface area contributed by atoms with E-state index in [2.05, 4.69) is 0 Å². The largest absolute Gasteiger partial charge is 0.481 e. The summed E-state index contributed by atoms with van der Waals surface area (Å²) in [7, 11) is 1.70. The van der Waals surface area contributed by atoms with Crippen molar-refractivity contribution in [1.29, 1.82) is 0 Å². The van der Waals surface area contributed by atoms with E-state index in [-0.39, 0.29) is 24.8 Å². The Morgan fingerprint density at radius 3 is 1.95 bits per heavy atom. The van der Waals surface area contributed by atoms with Crippen LogP contribution in [0.2, 0.25) is 0 Å². The van der Waals surface area contributed by atoms with Gasteiger partial charge in [0.1, 0.15) is 0 Å². The van der Waals surface area contributed by atoms with Crippen LogP contribution >= 0.6 is 0 Å². The van der Waals surface area contributed by atoms with Gasteiger partial charge in [0.15, 0.2) is 0 Å². The van der Waals surface area contributed by atoms with E-state index in [1.54, 1.807) is 11.9 Å². The molecule has 4 nitrogen and oxygen atoms in total. The second-order valence-corrected chi connectivity index (χ2v) is 7.55. The van der Waals surface area contributed by atoms with Gasteiger partial charge in [-0.3, -0.25) is 9.59 Å². The number of alkyl halides is 2. The molecule has 22 heavy (non-hydrogen) atoms. The van der Waals surface area contributed by atoms with Crippen LogP contribution in [0.15, 0.2) is 0 Å². The number of rotatable bonds is 3. The topological polar surface area (TPSA) is 57.6 Å². The molecule has 0 aliphatic heterocycles. The maximum atomic E-state index is 13.3. The number of carbonyl (C=O) groups is 2. The van der Waals surface area contributed by atoms with Gasteiger partial charge in [0, 0.05) is 25.9 Å². The molecule has 0 aromatic rings. The first-order valence-electron chi connectivity index (χ1n) is 8.08. The maximum Gasteiger partial charge on any atom is 0.309 e. The van der Waals surface area contributed by atoms with E-state index in [9.17, 15) is 23.5 Å². The molecule has 0 spiro atoms. The van der Waals surface area contributed by atoms with E-state index >= 15 is 0 Å². The predicted molar refractivity (Wildman–Crippen MR) is 75.6 cm³/mol. The molecule has 6 heteroatoms. The van der Waals surface area contributed by atoms with Crippen LogP contribution in [0.25, 0.3) is 0 Å². The van der Waals surface area contributed by atoms with Crippen molar-refractivity contribution >= 4 is 11.9 Å². The normalized spacial score (nSPS) is 37.2. The summed E-state index contributed by atoms with van der Waals surface area (Å²) in [5.41, 5.74) is -1.29. The van der Waals surface area contributed by atoms with Crippen LogP contribution in [-0.2, 0) is 9.59 Å². The molecule has 0 aromatic heterocycles. The SMILES string of the molecule is CN(C(=O)C12CCC(C(=O)O)(CC1)C2)C1CCC(F)(F)CC1. The number of amides is 1. The molecule has 3 saturated carbocycles. The van der Waals surface area contributed by atoms with Crippen molar-refractivity contribution in [2.75, 3.05) is 7.05 Å². The summed E-state index contributed by atoms with van der Waals surface area (Å²) in [6, 6.07) is -0.137. The summed E-state index contributed by atoms with van der Waals surface area (Å²) in [6.45, 7) is 0. The van der Waals surface area contributed by atoms with Gasteiger partial charge in [0.2, 0.25) is 11.8 Å². The molecule has 0 heterocycles. The fourth-order valence-electron chi connectivity index (χ4n) is 4.74. The van der Waals surface area contributed by atoms with Crippen LogP contribution in [0.5, 0.6) is 0 Å². The van der Waals surface area contributed by atoms with E-state index < -0.39 is 22.7 Å². The van der Waals surface area contributed by atoms with E-state index in [1.807, 2.05) is 0 Å². The highest BCUT2D eigenvalue weighted by Gasteiger charge is 2.62. The highest BCUT2D eigenvalue weighted by atomic mass is 19.3. The number of nitrogens with zero attached hydrogens (tertiary/aromatic N) is 1. The van der Waals surface area contributed by atoms with Crippen LogP contribution in [0.3, 0.4) is 0 Å². The molecular formula is C16H23F2NO3. The van der Waals surface area contributed by atoms with E-state index in [0.717, 1.165) is 0 Å². The monoisotopic (exact) mass is 315 g/mol. The van der Waals surface area contributed by atoms with Gasteiger partial charge < -0.3 is 10.0 Å². The average molecular weight is 315 g/mol. The van der Waals surface area contributed by atoms with E-state index in [1.165, 1.54) is 0 Å². The molecule has 3 fully saturated rings. The number of fused-ring (bicyclic) bond motifs is 2. The lowest BCUT2D eigenvalue weighted by Crippen LogP contribution is -2.47. The summed E-state index contributed by atoms with van der Waals surface area (Å²) < 4.78 is 26.5. The number of carbonyl (C=O) groups excluding carboxylic acids is 1. The van der Waals surface area contributed by atoms with Crippen molar-refractivity contribution in [2.45, 2.75) is 69.8 Å². The second-order valence-electron chi connectivity index (χ2n) is 7.55. The summed E-state index contributed by atoms with van der Waals surface area (Å²) >= 11 is 0. The third-order valence-electron chi connectivity index (χ3n) is 6.30. The minimum Gasteiger partial charge on any atom is -0.481 e. The summed E-state index contributed by atoms with van der Waals surface area (Å²) in [4.78, 5) is 26.0. The van der Waals surface area contributed by atoms with Gasteiger partial charge in [-0.2, -0.15) is 0 Å². The molecule has 0 saturated heterocycles. The molecule has 1 N–H and O–H groups in total. The summed E-state index contributed by atoms with van der Waals surface area (Å²) in [5, 5.41) is 9.42. The van der Waals surface area contributed by atoms with Crippen molar-refractivity contribution in [1.82, 2.24) is 4.90 Å². The van der Waals surface area contributed by atoms with Crippen LogP contribution in [0, 0.1) is 10.8 Å². The first kappa shape index (κ1) is 15.7. The average Bonchev–Trinajstić information content (AvgIpc) is 3.04. The number of hydrogen-bond donors (Lipinski definition) is 1. The van der Waals surface area contributed by atoms with Gasteiger partial charge in [-0.05, 0) is 44.9 Å². The third kappa shape index (κ3) is 2.31. The van der Waals surface area contributed by atoms with Gasteiger partial charge in [0.25, 0.3) is 0 Å². The van der Waals surface area contributed by atoms with Gasteiger partial charge in [-0.15, -0.1) is 0 Å². The van der Waals surface area contributed by atoms with Crippen molar-refractivity contribution in [3.05, 3.63) is 0 Å². The molecular weight excluding hydrogens is 292 g/mol. The second kappa shape index (κ2) is 4.90. The highest BCUT2D eigenvalue weighted by Crippen LogP contribution is 2.62. The quantitative estimate of drug-likeness (QED) is 0.871. The molecule has 3 aliphatic carbocycles. The molecule has 3 aliphatic rings. The standard InChI is InChI=1S/C16H23F2NO3/c1-19(11-2-4-16(17,18)5-3-11)12(20)14-6-8-15(10-14,9-7-14)13(21)22/h11H,2-10H2,1H3,(H,21,22).